The van der Waals surface area contributed by atoms with Crippen LogP contribution in [0.15, 0.2) is 28.2 Å². The summed E-state index contributed by atoms with van der Waals surface area (Å²) in [6.45, 7) is 7.68. The molecule has 0 saturated carbocycles. The van der Waals surface area contributed by atoms with Crippen LogP contribution < -0.4 is 10.9 Å². The fourth-order valence-electron chi connectivity index (χ4n) is 2.24. The quantitative estimate of drug-likeness (QED) is 0.652. The van der Waals surface area contributed by atoms with Crippen LogP contribution in [0.5, 0.6) is 0 Å². The Morgan fingerprint density at radius 2 is 2.04 bits per heavy atom. The van der Waals surface area contributed by atoms with Crippen molar-refractivity contribution in [2.45, 2.75) is 39.3 Å². The molecule has 5 nitrogen and oxygen atoms in total. The number of rotatable bonds is 5. The Hall–Kier alpha value is -2.08. The zero-order valence-electron chi connectivity index (χ0n) is 13.8. The van der Waals surface area contributed by atoms with Gasteiger partial charge in [0.15, 0.2) is 5.16 Å². The number of H-pyrrole nitrogens is 1. The first-order valence-corrected chi connectivity index (χ1v) is 8.49. The Bertz CT molecular complexity index is 784. The van der Waals surface area contributed by atoms with E-state index in [1.165, 1.54) is 11.8 Å². The molecule has 23 heavy (non-hydrogen) atoms. The number of carbonyl (C=O) groups is 1. The molecule has 0 radical (unpaired) electrons. The van der Waals surface area contributed by atoms with Gasteiger partial charge >= 0.3 is 0 Å². The van der Waals surface area contributed by atoms with E-state index in [2.05, 4.69) is 15.3 Å². The number of carbonyl (C=O) groups excluding carboxylic acids is 1. The van der Waals surface area contributed by atoms with Crippen LogP contribution >= 0.6 is 11.8 Å². The molecule has 0 aliphatic carbocycles. The van der Waals surface area contributed by atoms with Gasteiger partial charge in [-0.3, -0.25) is 9.59 Å². The molecule has 122 valence electrons. The molecule has 1 amide bonds. The number of nitrogens with zero attached hydrogens (tertiary/aromatic N) is 1. The van der Waals surface area contributed by atoms with Crippen molar-refractivity contribution in [3.8, 4) is 0 Å². The van der Waals surface area contributed by atoms with E-state index in [1.54, 1.807) is 6.92 Å². The van der Waals surface area contributed by atoms with Crippen molar-refractivity contribution >= 4 is 23.4 Å². The fourth-order valence-corrected chi connectivity index (χ4v) is 2.92. The minimum Gasteiger partial charge on any atom is -0.325 e. The van der Waals surface area contributed by atoms with Crippen LogP contribution in [0.4, 0.5) is 5.69 Å². The van der Waals surface area contributed by atoms with Gasteiger partial charge in [-0.2, -0.15) is 0 Å². The van der Waals surface area contributed by atoms with E-state index in [1.807, 2.05) is 39.0 Å². The first-order chi connectivity index (χ1) is 10.9. The number of aryl methyl sites for hydroxylation is 3. The summed E-state index contributed by atoms with van der Waals surface area (Å²) in [5, 5.41) is 3.36. The zero-order chi connectivity index (χ0) is 17.0. The van der Waals surface area contributed by atoms with Crippen LogP contribution in [0.3, 0.4) is 0 Å². The molecule has 0 bridgehead atoms. The number of aromatic nitrogens is 2. The first kappa shape index (κ1) is 17.3. The summed E-state index contributed by atoms with van der Waals surface area (Å²) < 4.78 is 0. The van der Waals surface area contributed by atoms with Crippen LogP contribution in [0.25, 0.3) is 0 Å². The first-order valence-electron chi connectivity index (χ1n) is 7.50. The molecular formula is C17H21N3O2S. The number of amides is 1. The predicted molar refractivity (Wildman–Crippen MR) is 94.2 cm³/mol. The lowest BCUT2D eigenvalue weighted by atomic mass is 10.1. The highest BCUT2D eigenvalue weighted by Crippen LogP contribution is 2.18. The lowest BCUT2D eigenvalue weighted by Crippen LogP contribution is -2.18. The minimum absolute atomic E-state index is 0.122. The molecule has 1 heterocycles. The number of hydrogen-bond acceptors (Lipinski definition) is 4. The highest BCUT2D eigenvalue weighted by atomic mass is 32.2. The highest BCUT2D eigenvalue weighted by Gasteiger charge is 2.10. The second-order valence-corrected chi connectivity index (χ2v) is 6.42. The summed E-state index contributed by atoms with van der Waals surface area (Å²) in [4.78, 5) is 31.0. The number of benzene rings is 1. The van der Waals surface area contributed by atoms with Crippen molar-refractivity contribution in [2.24, 2.45) is 0 Å². The van der Waals surface area contributed by atoms with E-state index in [0.29, 0.717) is 17.1 Å². The van der Waals surface area contributed by atoms with Crippen LogP contribution in [0, 0.1) is 20.8 Å². The summed E-state index contributed by atoms with van der Waals surface area (Å²) in [6, 6.07) is 5.88. The van der Waals surface area contributed by atoms with Gasteiger partial charge in [-0.25, -0.2) is 4.98 Å². The topological polar surface area (TPSA) is 74.8 Å². The van der Waals surface area contributed by atoms with Gasteiger partial charge in [0.2, 0.25) is 5.91 Å². The van der Waals surface area contributed by atoms with Gasteiger partial charge in [0.1, 0.15) is 0 Å². The van der Waals surface area contributed by atoms with Crippen molar-refractivity contribution in [1.82, 2.24) is 9.97 Å². The van der Waals surface area contributed by atoms with E-state index in [-0.39, 0.29) is 17.2 Å². The summed E-state index contributed by atoms with van der Waals surface area (Å²) in [6.07, 6.45) is 0.693. The number of thioether (sulfide) groups is 1. The third-order valence-electron chi connectivity index (χ3n) is 3.56. The molecule has 0 aliphatic rings. The zero-order valence-corrected chi connectivity index (χ0v) is 14.6. The summed E-state index contributed by atoms with van der Waals surface area (Å²) in [5.41, 5.74) is 4.25. The Morgan fingerprint density at radius 1 is 1.30 bits per heavy atom. The molecule has 2 rings (SSSR count). The van der Waals surface area contributed by atoms with E-state index < -0.39 is 0 Å². The molecule has 6 heteroatoms. The molecular weight excluding hydrogens is 310 g/mol. The van der Waals surface area contributed by atoms with Gasteiger partial charge in [-0.1, -0.05) is 36.4 Å². The van der Waals surface area contributed by atoms with Crippen molar-refractivity contribution < 1.29 is 4.79 Å². The number of hydrogen-bond donors (Lipinski definition) is 2. The van der Waals surface area contributed by atoms with Gasteiger partial charge in [-0.05, 0) is 38.8 Å². The smallest absolute Gasteiger partial charge is 0.254 e. The van der Waals surface area contributed by atoms with Gasteiger partial charge in [0.25, 0.3) is 5.56 Å². The van der Waals surface area contributed by atoms with Crippen LogP contribution in [0.2, 0.25) is 0 Å². The number of anilines is 1. The molecule has 0 spiro atoms. The molecule has 1 aromatic carbocycles. The maximum absolute atomic E-state index is 12.1. The largest absolute Gasteiger partial charge is 0.325 e. The van der Waals surface area contributed by atoms with Crippen molar-refractivity contribution in [1.29, 1.82) is 0 Å². The van der Waals surface area contributed by atoms with Crippen molar-refractivity contribution in [2.75, 3.05) is 11.1 Å². The summed E-state index contributed by atoms with van der Waals surface area (Å²) in [7, 11) is 0. The van der Waals surface area contributed by atoms with Crippen molar-refractivity contribution in [3.05, 3.63) is 50.9 Å². The average molecular weight is 331 g/mol. The van der Waals surface area contributed by atoms with Gasteiger partial charge in [-0.15, -0.1) is 0 Å². The molecule has 1 aromatic heterocycles. The minimum atomic E-state index is -0.144. The molecule has 2 aromatic rings. The predicted octanol–water partition coefficient (Wildman–Crippen LogP) is 2.99. The third kappa shape index (κ3) is 4.45. The number of nitrogens with one attached hydrogen (secondary N) is 2. The highest BCUT2D eigenvalue weighted by molar-refractivity contribution is 7.99. The summed E-state index contributed by atoms with van der Waals surface area (Å²) >= 11 is 1.23. The van der Waals surface area contributed by atoms with Crippen molar-refractivity contribution in [3.63, 3.8) is 0 Å². The van der Waals surface area contributed by atoms with Gasteiger partial charge < -0.3 is 10.3 Å². The number of aromatic amines is 1. The fraction of sp³-hybridized carbons (Fsp3) is 0.353. The lowest BCUT2D eigenvalue weighted by molar-refractivity contribution is -0.113. The molecule has 0 unspecified atom stereocenters. The molecule has 0 fully saturated rings. The summed E-state index contributed by atoms with van der Waals surface area (Å²) in [5.74, 6) is 0.0749. The van der Waals surface area contributed by atoms with E-state index in [4.69, 9.17) is 0 Å². The third-order valence-corrected chi connectivity index (χ3v) is 4.43. The second kappa shape index (κ2) is 7.46. The second-order valence-electron chi connectivity index (χ2n) is 5.45. The van der Waals surface area contributed by atoms with Crippen LogP contribution in [-0.2, 0) is 11.2 Å². The maximum Gasteiger partial charge on any atom is 0.254 e. The SMILES string of the molecule is CCc1nc(SCC(=O)Nc2ccc(C)cc2C)[nH]c(=O)c1C. The molecule has 0 atom stereocenters. The van der Waals surface area contributed by atoms with Crippen LogP contribution in [0.1, 0.15) is 29.3 Å². The lowest BCUT2D eigenvalue weighted by Gasteiger charge is -2.09. The maximum atomic E-state index is 12.1. The standard InChI is InChI=1S/C17H21N3O2S/c1-5-13-12(4)16(22)20-17(19-13)23-9-15(21)18-14-7-6-10(2)8-11(14)3/h6-8H,5,9H2,1-4H3,(H,18,21)(H,19,20,22). The Kier molecular flexibility index (Phi) is 5.60. The monoisotopic (exact) mass is 331 g/mol. The Balaban J connectivity index is 2.02. The Labute approximate surface area is 139 Å². The molecule has 0 aliphatic heterocycles. The van der Waals surface area contributed by atoms with E-state index >= 15 is 0 Å². The molecule has 0 saturated heterocycles. The van der Waals surface area contributed by atoms with Crippen LogP contribution in [-0.4, -0.2) is 21.6 Å². The molecule has 2 N–H and O–H groups in total. The normalized spacial score (nSPS) is 10.6. The average Bonchev–Trinajstić information content (AvgIpc) is 2.51. The van der Waals surface area contributed by atoms with E-state index in [9.17, 15) is 9.59 Å². The Morgan fingerprint density at radius 3 is 2.70 bits per heavy atom. The van der Waals surface area contributed by atoms with E-state index in [0.717, 1.165) is 22.5 Å². The van der Waals surface area contributed by atoms with Gasteiger partial charge in [0, 0.05) is 11.3 Å². The van der Waals surface area contributed by atoms with Gasteiger partial charge in [0.05, 0.1) is 11.4 Å².